The van der Waals surface area contributed by atoms with E-state index in [1.807, 2.05) is 48.9 Å². The fourth-order valence-electron chi connectivity index (χ4n) is 2.16. The molecule has 1 aromatic heterocycles. The van der Waals surface area contributed by atoms with Crippen molar-refractivity contribution in [3.05, 3.63) is 42.2 Å². The Balaban J connectivity index is 1.88. The lowest BCUT2D eigenvalue weighted by Gasteiger charge is -2.11. The molecule has 22 heavy (non-hydrogen) atoms. The van der Waals surface area contributed by atoms with Gasteiger partial charge in [-0.15, -0.1) is 0 Å². The van der Waals surface area contributed by atoms with E-state index in [1.54, 1.807) is 13.2 Å². The van der Waals surface area contributed by atoms with E-state index in [9.17, 15) is 5.11 Å². The molecule has 0 atom stereocenters. The molecule has 5 nitrogen and oxygen atoms in total. The molecule has 1 heterocycles. The van der Waals surface area contributed by atoms with Gasteiger partial charge >= 0.3 is 0 Å². The van der Waals surface area contributed by atoms with Crippen LogP contribution in [0.1, 0.15) is 12.6 Å². The van der Waals surface area contributed by atoms with Gasteiger partial charge < -0.3 is 19.3 Å². The number of nitrogens with zero attached hydrogens (tertiary/aromatic N) is 1. The minimum Gasteiger partial charge on any atom is -0.504 e. The fraction of sp³-hybridized carbons (Fsp3) is 0.353. The molecular formula is C17H22NO4+. The SMILES string of the molecule is CC[n+]1ccc(O)c(OCCOc2ccc(OC)cc2)c1C. The quantitative estimate of drug-likeness (QED) is 0.631. The lowest BCUT2D eigenvalue weighted by molar-refractivity contribution is -0.699. The molecule has 2 aromatic rings. The van der Waals surface area contributed by atoms with E-state index in [0.29, 0.717) is 19.0 Å². The average molecular weight is 304 g/mol. The minimum atomic E-state index is 0.145. The number of benzene rings is 1. The second-order valence-corrected chi connectivity index (χ2v) is 4.77. The first-order chi connectivity index (χ1) is 10.7. The molecular weight excluding hydrogens is 282 g/mol. The molecule has 118 valence electrons. The normalized spacial score (nSPS) is 10.3. The van der Waals surface area contributed by atoms with Gasteiger partial charge in [0.25, 0.3) is 0 Å². The molecule has 5 heteroatoms. The van der Waals surface area contributed by atoms with E-state index < -0.39 is 0 Å². The van der Waals surface area contributed by atoms with Crippen LogP contribution in [0, 0.1) is 6.92 Å². The van der Waals surface area contributed by atoms with Crippen molar-refractivity contribution in [1.29, 1.82) is 0 Å². The third-order valence-corrected chi connectivity index (χ3v) is 3.40. The molecule has 0 radical (unpaired) electrons. The van der Waals surface area contributed by atoms with Crippen LogP contribution in [0.5, 0.6) is 23.0 Å². The van der Waals surface area contributed by atoms with E-state index in [4.69, 9.17) is 14.2 Å². The number of aromatic nitrogens is 1. The van der Waals surface area contributed by atoms with Crippen LogP contribution in [0.15, 0.2) is 36.5 Å². The first-order valence-corrected chi connectivity index (χ1v) is 7.27. The van der Waals surface area contributed by atoms with Crippen molar-refractivity contribution in [2.75, 3.05) is 20.3 Å². The third-order valence-electron chi connectivity index (χ3n) is 3.40. The topological polar surface area (TPSA) is 51.8 Å². The van der Waals surface area contributed by atoms with Gasteiger partial charge in [0, 0.05) is 13.0 Å². The molecule has 0 unspecified atom stereocenters. The van der Waals surface area contributed by atoms with Crippen LogP contribution in [-0.4, -0.2) is 25.4 Å². The van der Waals surface area contributed by atoms with Crippen molar-refractivity contribution in [2.24, 2.45) is 0 Å². The zero-order valence-electron chi connectivity index (χ0n) is 13.2. The summed E-state index contributed by atoms with van der Waals surface area (Å²) in [6, 6.07) is 9.00. The number of ether oxygens (including phenoxy) is 3. The van der Waals surface area contributed by atoms with Crippen molar-refractivity contribution in [3.8, 4) is 23.0 Å². The number of aromatic hydroxyl groups is 1. The summed E-state index contributed by atoms with van der Waals surface area (Å²) in [5, 5.41) is 9.89. The molecule has 0 saturated carbocycles. The van der Waals surface area contributed by atoms with Gasteiger partial charge in [-0.25, -0.2) is 0 Å². The largest absolute Gasteiger partial charge is 0.504 e. The Kier molecular flexibility index (Phi) is 5.47. The molecule has 2 rings (SSSR count). The highest BCUT2D eigenvalue weighted by molar-refractivity contribution is 5.38. The van der Waals surface area contributed by atoms with Gasteiger partial charge in [0.1, 0.15) is 31.3 Å². The second kappa shape index (κ2) is 7.54. The van der Waals surface area contributed by atoms with Gasteiger partial charge in [0.15, 0.2) is 11.9 Å². The summed E-state index contributed by atoms with van der Waals surface area (Å²) in [7, 11) is 1.63. The van der Waals surface area contributed by atoms with E-state index in [2.05, 4.69) is 0 Å². The van der Waals surface area contributed by atoms with Gasteiger partial charge in [-0.1, -0.05) is 0 Å². The molecule has 0 bridgehead atoms. The highest BCUT2D eigenvalue weighted by Gasteiger charge is 2.16. The summed E-state index contributed by atoms with van der Waals surface area (Å²) < 4.78 is 18.4. The Bertz CT molecular complexity index is 611. The Morgan fingerprint density at radius 2 is 1.64 bits per heavy atom. The van der Waals surface area contributed by atoms with Gasteiger partial charge in [-0.3, -0.25) is 0 Å². The number of aryl methyl sites for hydroxylation is 1. The van der Waals surface area contributed by atoms with E-state index in [0.717, 1.165) is 23.7 Å². The molecule has 0 saturated heterocycles. The molecule has 0 aliphatic heterocycles. The fourth-order valence-corrected chi connectivity index (χ4v) is 2.16. The molecule has 0 fully saturated rings. The maximum Gasteiger partial charge on any atom is 0.228 e. The summed E-state index contributed by atoms with van der Waals surface area (Å²) in [6.07, 6.45) is 1.84. The molecule has 0 aliphatic carbocycles. The van der Waals surface area contributed by atoms with Crippen LogP contribution >= 0.6 is 0 Å². The van der Waals surface area contributed by atoms with Gasteiger partial charge in [-0.2, -0.15) is 4.57 Å². The van der Waals surface area contributed by atoms with Crippen molar-refractivity contribution >= 4 is 0 Å². The van der Waals surface area contributed by atoms with Crippen LogP contribution in [-0.2, 0) is 6.54 Å². The molecule has 0 aliphatic rings. The lowest BCUT2D eigenvalue weighted by atomic mass is 10.3. The number of rotatable bonds is 7. The number of methoxy groups -OCH3 is 1. The van der Waals surface area contributed by atoms with Gasteiger partial charge in [0.2, 0.25) is 11.4 Å². The van der Waals surface area contributed by atoms with Crippen LogP contribution < -0.4 is 18.8 Å². The van der Waals surface area contributed by atoms with Crippen molar-refractivity contribution in [2.45, 2.75) is 20.4 Å². The predicted molar refractivity (Wildman–Crippen MR) is 82.7 cm³/mol. The lowest BCUT2D eigenvalue weighted by Crippen LogP contribution is -2.35. The van der Waals surface area contributed by atoms with Crippen LogP contribution in [0.25, 0.3) is 0 Å². The Morgan fingerprint density at radius 1 is 1.00 bits per heavy atom. The van der Waals surface area contributed by atoms with Gasteiger partial charge in [0.05, 0.1) is 7.11 Å². The van der Waals surface area contributed by atoms with Crippen molar-refractivity contribution < 1.29 is 23.9 Å². The summed E-state index contributed by atoms with van der Waals surface area (Å²) in [5.74, 6) is 2.19. The molecule has 1 N–H and O–H groups in total. The average Bonchev–Trinajstić information content (AvgIpc) is 2.54. The molecule has 1 aromatic carbocycles. The zero-order chi connectivity index (χ0) is 15.9. The Labute approximate surface area is 130 Å². The summed E-state index contributed by atoms with van der Waals surface area (Å²) >= 11 is 0. The standard InChI is InChI=1S/C17H21NO4/c1-4-18-10-9-16(19)17(13(18)2)22-12-11-21-15-7-5-14(20-3)6-8-15/h5-10H,4,11-12H2,1-3H3/p+1. The smallest absolute Gasteiger partial charge is 0.228 e. The first kappa shape index (κ1) is 15.9. The Morgan fingerprint density at radius 3 is 2.27 bits per heavy atom. The number of hydrogen-bond acceptors (Lipinski definition) is 4. The van der Waals surface area contributed by atoms with Crippen molar-refractivity contribution in [3.63, 3.8) is 0 Å². The monoisotopic (exact) mass is 304 g/mol. The molecule has 0 amide bonds. The molecule has 0 spiro atoms. The highest BCUT2D eigenvalue weighted by atomic mass is 16.5. The minimum absolute atomic E-state index is 0.145. The summed E-state index contributed by atoms with van der Waals surface area (Å²) in [4.78, 5) is 0. The maximum absolute atomic E-state index is 9.89. The predicted octanol–water partition coefficient (Wildman–Crippen LogP) is 2.47. The third kappa shape index (κ3) is 3.81. The maximum atomic E-state index is 9.89. The van der Waals surface area contributed by atoms with E-state index in [1.165, 1.54) is 0 Å². The summed E-state index contributed by atoms with van der Waals surface area (Å²) in [6.45, 7) is 5.54. The first-order valence-electron chi connectivity index (χ1n) is 7.27. The Hall–Kier alpha value is -2.43. The second-order valence-electron chi connectivity index (χ2n) is 4.77. The van der Waals surface area contributed by atoms with E-state index in [-0.39, 0.29) is 5.75 Å². The number of hydrogen-bond donors (Lipinski definition) is 1. The zero-order valence-corrected chi connectivity index (χ0v) is 13.2. The van der Waals surface area contributed by atoms with Crippen LogP contribution in [0.4, 0.5) is 0 Å². The van der Waals surface area contributed by atoms with Crippen LogP contribution in [0.2, 0.25) is 0 Å². The number of pyridine rings is 1. The summed E-state index contributed by atoms with van der Waals surface area (Å²) in [5.41, 5.74) is 0.895. The van der Waals surface area contributed by atoms with Crippen molar-refractivity contribution in [1.82, 2.24) is 0 Å². The van der Waals surface area contributed by atoms with Crippen LogP contribution in [0.3, 0.4) is 0 Å². The van der Waals surface area contributed by atoms with Gasteiger partial charge in [-0.05, 0) is 31.2 Å². The highest BCUT2D eigenvalue weighted by Crippen LogP contribution is 2.26. The van der Waals surface area contributed by atoms with E-state index >= 15 is 0 Å².